The van der Waals surface area contributed by atoms with Crippen molar-refractivity contribution in [3.05, 3.63) is 175 Å². The van der Waals surface area contributed by atoms with E-state index in [-0.39, 0.29) is 0 Å². The van der Waals surface area contributed by atoms with Crippen LogP contribution in [0.2, 0.25) is 0 Å². The van der Waals surface area contributed by atoms with Gasteiger partial charge in [-0.05, 0) is 103 Å². The van der Waals surface area contributed by atoms with E-state index < -0.39 is 0 Å². The molecule has 0 aliphatic rings. The highest BCUT2D eigenvalue weighted by atomic mass is 15.0. The van der Waals surface area contributed by atoms with Crippen LogP contribution in [0.15, 0.2) is 170 Å². The molecule has 4 aromatic heterocycles. The van der Waals surface area contributed by atoms with Crippen LogP contribution in [0.25, 0.3) is 77.8 Å². The molecule has 0 N–H and O–H groups in total. The van der Waals surface area contributed by atoms with E-state index in [2.05, 4.69) is 140 Å². The van der Waals surface area contributed by atoms with Gasteiger partial charge in [0.25, 0.3) is 0 Å². The number of aromatic nitrogens is 4. The van der Waals surface area contributed by atoms with Crippen LogP contribution in [0, 0.1) is 0 Å². The molecule has 4 aromatic carbocycles. The molecule has 0 aliphatic carbocycles. The summed E-state index contributed by atoms with van der Waals surface area (Å²) in [5, 5.41) is 2.14. The zero-order chi connectivity index (χ0) is 34.2. The third-order valence-corrected chi connectivity index (χ3v) is 8.95. The molecule has 0 saturated heterocycles. The Labute approximate surface area is 292 Å². The molecule has 0 amide bonds. The van der Waals surface area contributed by atoms with Crippen molar-refractivity contribution >= 4 is 33.0 Å². The molecule has 50 heavy (non-hydrogen) atoms. The highest BCUT2D eigenvalue weighted by Gasteiger charge is 2.17. The van der Waals surface area contributed by atoms with Crippen LogP contribution in [-0.4, -0.2) is 19.4 Å². The van der Waals surface area contributed by atoms with Gasteiger partial charge in [-0.3, -0.25) is 14.4 Å². The minimum Gasteiger partial charge on any atom is -0.299 e. The fraction of sp³-hybridized carbons (Fsp3) is 0.0652. The number of allylic oxidation sites excluding steroid dienone is 5. The normalized spacial score (nSPS) is 11.7. The molecule has 240 valence electrons. The lowest BCUT2D eigenvalue weighted by Crippen LogP contribution is -1.93. The average molecular weight is 645 g/mol. The van der Waals surface area contributed by atoms with E-state index in [0.717, 1.165) is 88.9 Å². The summed E-state index contributed by atoms with van der Waals surface area (Å²) in [5.74, 6) is 0. The monoisotopic (exact) mass is 644 g/mol. The second-order valence-electron chi connectivity index (χ2n) is 13.0. The SMILES string of the molecule is C=C(C)/C=C(\C=C(C)C)c1cc(-c2ccc(-c3c(-c4ccccc4)nc4ccccn34)cc2)cc(-c2cc3cccnc3c3ncccc23)c1. The minimum atomic E-state index is 0.904. The first-order valence-electron chi connectivity index (χ1n) is 16.9. The van der Waals surface area contributed by atoms with Crippen molar-refractivity contribution in [2.75, 3.05) is 0 Å². The van der Waals surface area contributed by atoms with E-state index in [9.17, 15) is 0 Å². The third kappa shape index (κ3) is 5.82. The quantitative estimate of drug-likeness (QED) is 0.128. The highest BCUT2D eigenvalue weighted by molar-refractivity contribution is 6.10. The number of hydrogen-bond donors (Lipinski definition) is 0. The molecular weight excluding hydrogens is 609 g/mol. The Bertz CT molecular complexity index is 2620. The molecule has 0 saturated carbocycles. The molecule has 0 radical (unpaired) electrons. The van der Waals surface area contributed by atoms with Gasteiger partial charge in [0.2, 0.25) is 0 Å². The van der Waals surface area contributed by atoms with Gasteiger partial charge >= 0.3 is 0 Å². The Morgan fingerprint density at radius 3 is 2.12 bits per heavy atom. The van der Waals surface area contributed by atoms with Crippen LogP contribution in [0.1, 0.15) is 26.3 Å². The molecule has 8 aromatic rings. The van der Waals surface area contributed by atoms with Gasteiger partial charge in [0.15, 0.2) is 0 Å². The maximum atomic E-state index is 5.04. The van der Waals surface area contributed by atoms with Gasteiger partial charge in [-0.15, -0.1) is 0 Å². The number of hydrogen-bond acceptors (Lipinski definition) is 3. The van der Waals surface area contributed by atoms with Crippen molar-refractivity contribution in [3.8, 4) is 44.8 Å². The number of pyridine rings is 3. The fourth-order valence-corrected chi connectivity index (χ4v) is 6.81. The van der Waals surface area contributed by atoms with Crippen molar-refractivity contribution in [2.24, 2.45) is 0 Å². The van der Waals surface area contributed by atoms with Crippen molar-refractivity contribution in [3.63, 3.8) is 0 Å². The van der Waals surface area contributed by atoms with Crippen molar-refractivity contribution in [1.29, 1.82) is 0 Å². The van der Waals surface area contributed by atoms with Crippen LogP contribution in [0.4, 0.5) is 0 Å². The zero-order valence-electron chi connectivity index (χ0n) is 28.4. The van der Waals surface area contributed by atoms with Crippen LogP contribution < -0.4 is 0 Å². The number of nitrogens with zero attached hydrogens (tertiary/aromatic N) is 4. The van der Waals surface area contributed by atoms with Gasteiger partial charge in [0.05, 0.1) is 22.4 Å². The molecule has 0 atom stereocenters. The Balaban J connectivity index is 1.32. The van der Waals surface area contributed by atoms with E-state index in [1.165, 1.54) is 5.57 Å². The first-order valence-corrected chi connectivity index (χ1v) is 16.9. The van der Waals surface area contributed by atoms with Gasteiger partial charge in [-0.1, -0.05) is 103 Å². The number of imidazole rings is 1. The molecular formula is C46H36N4. The Hall–Kier alpha value is -6.39. The predicted octanol–water partition coefficient (Wildman–Crippen LogP) is 12.0. The maximum absolute atomic E-state index is 5.04. The third-order valence-electron chi connectivity index (χ3n) is 8.95. The van der Waals surface area contributed by atoms with Crippen molar-refractivity contribution < 1.29 is 0 Å². The lowest BCUT2D eigenvalue weighted by Gasteiger charge is -2.15. The largest absolute Gasteiger partial charge is 0.299 e. The summed E-state index contributed by atoms with van der Waals surface area (Å²) in [5.41, 5.74) is 16.0. The summed E-state index contributed by atoms with van der Waals surface area (Å²) in [7, 11) is 0. The second kappa shape index (κ2) is 12.9. The van der Waals surface area contributed by atoms with E-state index in [1.54, 1.807) is 0 Å². The number of benzene rings is 4. The van der Waals surface area contributed by atoms with E-state index in [0.29, 0.717) is 0 Å². The summed E-state index contributed by atoms with van der Waals surface area (Å²) < 4.78 is 2.18. The molecule has 0 spiro atoms. The summed E-state index contributed by atoms with van der Waals surface area (Å²) in [6.45, 7) is 10.5. The smallest absolute Gasteiger partial charge is 0.137 e. The highest BCUT2D eigenvalue weighted by Crippen LogP contribution is 2.39. The molecule has 0 unspecified atom stereocenters. The first-order chi connectivity index (χ1) is 24.4. The van der Waals surface area contributed by atoms with Crippen LogP contribution in [0.3, 0.4) is 0 Å². The van der Waals surface area contributed by atoms with E-state index in [4.69, 9.17) is 15.0 Å². The van der Waals surface area contributed by atoms with Crippen LogP contribution >= 0.6 is 0 Å². The average Bonchev–Trinajstić information content (AvgIpc) is 3.54. The van der Waals surface area contributed by atoms with E-state index in [1.807, 2.05) is 43.6 Å². The summed E-state index contributed by atoms with van der Waals surface area (Å²) in [4.78, 5) is 14.5. The van der Waals surface area contributed by atoms with Gasteiger partial charge in [-0.2, -0.15) is 0 Å². The molecule has 0 fully saturated rings. The van der Waals surface area contributed by atoms with E-state index >= 15 is 0 Å². The number of rotatable bonds is 7. The number of fused-ring (bicyclic) bond motifs is 4. The van der Waals surface area contributed by atoms with Crippen LogP contribution in [0.5, 0.6) is 0 Å². The van der Waals surface area contributed by atoms with Crippen LogP contribution in [-0.2, 0) is 0 Å². The fourth-order valence-electron chi connectivity index (χ4n) is 6.81. The first kappa shape index (κ1) is 30.9. The summed E-state index contributed by atoms with van der Waals surface area (Å²) >= 11 is 0. The lowest BCUT2D eigenvalue weighted by atomic mass is 9.90. The van der Waals surface area contributed by atoms with Crippen molar-refractivity contribution in [1.82, 2.24) is 19.4 Å². The van der Waals surface area contributed by atoms with Gasteiger partial charge in [-0.25, -0.2) is 4.98 Å². The molecule has 0 bridgehead atoms. The molecule has 4 heteroatoms. The zero-order valence-corrected chi connectivity index (χ0v) is 28.4. The predicted molar refractivity (Wildman–Crippen MR) is 210 cm³/mol. The lowest BCUT2D eigenvalue weighted by molar-refractivity contribution is 1.19. The van der Waals surface area contributed by atoms with Gasteiger partial charge in [0, 0.05) is 40.5 Å². The molecule has 8 rings (SSSR count). The Morgan fingerprint density at radius 1 is 0.620 bits per heavy atom. The molecule has 0 aliphatic heterocycles. The standard InChI is InChI=1S/C46H36N4/c1-30(2)24-36(25-31(3)4)38-26-37(27-39(28-38)41-29-35-14-10-21-47-43(35)45-40(41)15-11-22-48-45)32-17-19-34(20-18-32)46-44(33-12-6-5-7-13-33)49-42-16-8-9-23-50(42)46/h5-29H,1H2,2-4H3/b36-24+. The second-order valence-corrected chi connectivity index (χ2v) is 13.0. The molecule has 4 heterocycles. The maximum Gasteiger partial charge on any atom is 0.137 e. The van der Waals surface area contributed by atoms with Gasteiger partial charge in [0.1, 0.15) is 5.65 Å². The minimum absolute atomic E-state index is 0.904. The summed E-state index contributed by atoms with van der Waals surface area (Å²) in [6, 6.07) is 42.8. The van der Waals surface area contributed by atoms with Crippen molar-refractivity contribution in [2.45, 2.75) is 20.8 Å². The van der Waals surface area contributed by atoms with Gasteiger partial charge < -0.3 is 0 Å². The molecule has 4 nitrogen and oxygen atoms in total. The Kier molecular flexibility index (Phi) is 7.98. The summed E-state index contributed by atoms with van der Waals surface area (Å²) in [6.07, 6.45) is 10.2. The topological polar surface area (TPSA) is 43.1 Å². The Morgan fingerprint density at radius 2 is 1.34 bits per heavy atom.